The van der Waals surface area contributed by atoms with Crippen molar-refractivity contribution >= 4 is 27.4 Å². The van der Waals surface area contributed by atoms with Crippen LogP contribution in [0.2, 0.25) is 0 Å². The van der Waals surface area contributed by atoms with E-state index >= 15 is 0 Å². The number of thiophene rings is 1. The molecule has 23 heavy (non-hydrogen) atoms. The quantitative estimate of drug-likeness (QED) is 0.804. The molecule has 2 aromatic heterocycles. The summed E-state index contributed by atoms with van der Waals surface area (Å²) in [5, 5.41) is 1.31. The van der Waals surface area contributed by atoms with Crippen molar-refractivity contribution in [3.8, 4) is 0 Å². The molecule has 6 heteroatoms. The summed E-state index contributed by atoms with van der Waals surface area (Å²) in [4.78, 5) is 14.3. The highest BCUT2D eigenvalue weighted by Gasteiger charge is 2.39. The van der Waals surface area contributed by atoms with Crippen molar-refractivity contribution in [1.82, 2.24) is 9.97 Å². The molecule has 4 heterocycles. The van der Waals surface area contributed by atoms with Gasteiger partial charge in [-0.3, -0.25) is 0 Å². The lowest BCUT2D eigenvalue weighted by Gasteiger charge is -2.45. The maximum atomic E-state index is 6.18. The Balaban J connectivity index is 1.55. The van der Waals surface area contributed by atoms with Gasteiger partial charge in [-0.15, -0.1) is 11.3 Å². The van der Waals surface area contributed by atoms with Crippen LogP contribution in [0.25, 0.3) is 10.2 Å². The van der Waals surface area contributed by atoms with E-state index in [1.54, 1.807) is 6.33 Å². The molecule has 2 fully saturated rings. The lowest BCUT2D eigenvalue weighted by atomic mass is 9.92. The van der Waals surface area contributed by atoms with Crippen molar-refractivity contribution in [3.63, 3.8) is 0 Å². The smallest absolute Gasteiger partial charge is 0.141 e. The first-order valence-corrected chi connectivity index (χ1v) is 9.38. The van der Waals surface area contributed by atoms with E-state index in [0.717, 1.165) is 56.4 Å². The van der Waals surface area contributed by atoms with E-state index in [0.29, 0.717) is 0 Å². The Kier molecular flexibility index (Phi) is 3.32. The van der Waals surface area contributed by atoms with Crippen LogP contribution < -0.4 is 4.90 Å². The zero-order chi connectivity index (χ0) is 15.3. The second-order valence-corrected chi connectivity index (χ2v) is 7.88. The minimum atomic E-state index is -0.0486. The van der Waals surface area contributed by atoms with Gasteiger partial charge in [0.1, 0.15) is 17.0 Å². The number of hydrogen-bond donors (Lipinski definition) is 0. The fourth-order valence-corrected chi connectivity index (χ4v) is 5.45. The molecule has 5 nitrogen and oxygen atoms in total. The van der Waals surface area contributed by atoms with Crippen LogP contribution in [0.5, 0.6) is 0 Å². The summed E-state index contributed by atoms with van der Waals surface area (Å²) in [6.07, 6.45) is 7.36. The number of nitrogens with zero attached hydrogens (tertiary/aromatic N) is 3. The highest BCUT2D eigenvalue weighted by molar-refractivity contribution is 7.19. The van der Waals surface area contributed by atoms with Crippen LogP contribution >= 0.6 is 11.3 Å². The predicted molar refractivity (Wildman–Crippen MR) is 90.4 cm³/mol. The normalized spacial score (nSPS) is 23.6. The molecule has 0 amide bonds. The second-order valence-electron chi connectivity index (χ2n) is 6.80. The van der Waals surface area contributed by atoms with Gasteiger partial charge >= 0.3 is 0 Å². The number of rotatable bonds is 1. The van der Waals surface area contributed by atoms with E-state index < -0.39 is 0 Å². The molecule has 1 spiro atoms. The van der Waals surface area contributed by atoms with Crippen molar-refractivity contribution in [1.29, 1.82) is 0 Å². The van der Waals surface area contributed by atoms with E-state index in [9.17, 15) is 0 Å². The van der Waals surface area contributed by atoms with Gasteiger partial charge < -0.3 is 14.4 Å². The number of aryl methyl sites for hydroxylation is 2. The van der Waals surface area contributed by atoms with Crippen molar-refractivity contribution in [2.45, 2.75) is 37.7 Å². The maximum Gasteiger partial charge on any atom is 0.141 e. The number of hydrogen-bond acceptors (Lipinski definition) is 6. The van der Waals surface area contributed by atoms with Gasteiger partial charge in [-0.2, -0.15) is 0 Å². The SMILES string of the molecule is c1nc(N2CCOC3(CCOCC3)C2)c2c3c(sc2n1)CCC3. The largest absolute Gasteiger partial charge is 0.381 e. The van der Waals surface area contributed by atoms with Crippen LogP contribution in [-0.2, 0) is 22.3 Å². The number of fused-ring (bicyclic) bond motifs is 3. The Hall–Kier alpha value is -1.24. The standard InChI is InChI=1S/C17H21N3O2S/c1-2-12-13(3-1)23-16-14(12)15(18-11-19-16)20-6-9-22-17(10-20)4-7-21-8-5-17/h11H,1-10H2. The Morgan fingerprint density at radius 1 is 1.13 bits per heavy atom. The molecular formula is C17H21N3O2S. The number of aromatic nitrogens is 2. The Morgan fingerprint density at radius 3 is 2.96 bits per heavy atom. The van der Waals surface area contributed by atoms with Gasteiger partial charge in [-0.1, -0.05) is 0 Å². The average Bonchev–Trinajstić information content (AvgIpc) is 3.16. The molecule has 0 aromatic carbocycles. The van der Waals surface area contributed by atoms with Crippen molar-refractivity contribution in [2.75, 3.05) is 37.8 Å². The number of morpholine rings is 1. The number of ether oxygens (including phenoxy) is 2. The first-order chi connectivity index (χ1) is 11.3. The van der Waals surface area contributed by atoms with Crippen LogP contribution in [0.3, 0.4) is 0 Å². The summed E-state index contributed by atoms with van der Waals surface area (Å²) >= 11 is 1.86. The zero-order valence-corrected chi connectivity index (χ0v) is 14.0. The molecule has 0 saturated carbocycles. The minimum Gasteiger partial charge on any atom is -0.381 e. The summed E-state index contributed by atoms with van der Waals surface area (Å²) in [5.74, 6) is 1.13. The van der Waals surface area contributed by atoms with Crippen LogP contribution in [0.4, 0.5) is 5.82 Å². The molecule has 1 aliphatic carbocycles. The number of anilines is 1. The molecule has 3 aliphatic rings. The van der Waals surface area contributed by atoms with Gasteiger partial charge in [0, 0.05) is 44.0 Å². The van der Waals surface area contributed by atoms with E-state index in [1.165, 1.54) is 35.1 Å². The highest BCUT2D eigenvalue weighted by atomic mass is 32.1. The zero-order valence-electron chi connectivity index (χ0n) is 13.2. The molecular weight excluding hydrogens is 310 g/mol. The van der Waals surface area contributed by atoms with Gasteiger partial charge in [-0.25, -0.2) is 9.97 Å². The van der Waals surface area contributed by atoms with Crippen molar-refractivity contribution in [2.24, 2.45) is 0 Å². The molecule has 0 unspecified atom stereocenters. The molecule has 5 rings (SSSR count). The fourth-order valence-electron chi connectivity index (χ4n) is 4.22. The summed E-state index contributed by atoms with van der Waals surface area (Å²) in [7, 11) is 0. The molecule has 2 aliphatic heterocycles. The highest BCUT2D eigenvalue weighted by Crippen LogP contribution is 2.41. The van der Waals surface area contributed by atoms with Gasteiger partial charge in [0.2, 0.25) is 0 Å². The van der Waals surface area contributed by atoms with E-state index in [2.05, 4.69) is 9.88 Å². The Labute approximate surface area is 139 Å². The Morgan fingerprint density at radius 2 is 2.04 bits per heavy atom. The van der Waals surface area contributed by atoms with Gasteiger partial charge in [0.05, 0.1) is 17.6 Å². The minimum absolute atomic E-state index is 0.0486. The van der Waals surface area contributed by atoms with Crippen LogP contribution in [0.1, 0.15) is 29.7 Å². The van der Waals surface area contributed by atoms with E-state index in [4.69, 9.17) is 14.5 Å². The summed E-state index contributed by atoms with van der Waals surface area (Å²) < 4.78 is 11.7. The molecule has 0 atom stereocenters. The third-order valence-electron chi connectivity index (χ3n) is 5.43. The summed E-state index contributed by atoms with van der Waals surface area (Å²) in [6.45, 7) is 4.23. The molecule has 0 radical (unpaired) electrons. The van der Waals surface area contributed by atoms with Crippen LogP contribution in [-0.4, -0.2) is 48.5 Å². The first kappa shape index (κ1) is 14.1. The molecule has 2 saturated heterocycles. The Bertz CT molecular complexity index is 733. The summed E-state index contributed by atoms with van der Waals surface area (Å²) in [6, 6.07) is 0. The molecule has 0 bridgehead atoms. The van der Waals surface area contributed by atoms with Gasteiger partial charge in [0.15, 0.2) is 0 Å². The first-order valence-electron chi connectivity index (χ1n) is 8.57. The van der Waals surface area contributed by atoms with Gasteiger partial charge in [0.25, 0.3) is 0 Å². The van der Waals surface area contributed by atoms with Crippen molar-refractivity contribution < 1.29 is 9.47 Å². The molecule has 2 aromatic rings. The molecule has 0 N–H and O–H groups in total. The van der Waals surface area contributed by atoms with E-state index in [1.807, 2.05) is 11.3 Å². The summed E-state index contributed by atoms with van der Waals surface area (Å²) in [5.41, 5.74) is 1.46. The lowest BCUT2D eigenvalue weighted by Crippen LogP contribution is -2.54. The monoisotopic (exact) mass is 331 g/mol. The second kappa shape index (κ2) is 5.40. The predicted octanol–water partition coefficient (Wildman–Crippen LogP) is 2.57. The fraction of sp³-hybridized carbons (Fsp3) is 0.647. The van der Waals surface area contributed by atoms with E-state index in [-0.39, 0.29) is 5.60 Å². The van der Waals surface area contributed by atoms with Crippen LogP contribution in [0, 0.1) is 0 Å². The lowest BCUT2D eigenvalue weighted by molar-refractivity contribution is -0.116. The van der Waals surface area contributed by atoms with Gasteiger partial charge in [-0.05, 0) is 24.8 Å². The van der Waals surface area contributed by atoms with Crippen LogP contribution in [0.15, 0.2) is 6.33 Å². The molecule has 122 valence electrons. The third kappa shape index (κ3) is 2.27. The average molecular weight is 331 g/mol. The van der Waals surface area contributed by atoms with Crippen molar-refractivity contribution in [3.05, 3.63) is 16.8 Å². The topological polar surface area (TPSA) is 47.5 Å². The maximum absolute atomic E-state index is 6.18. The third-order valence-corrected chi connectivity index (χ3v) is 6.63.